The van der Waals surface area contributed by atoms with Gasteiger partial charge in [0.25, 0.3) is 0 Å². The Morgan fingerprint density at radius 3 is 2.59 bits per heavy atom. The third-order valence-electron chi connectivity index (χ3n) is 4.81. The zero-order valence-electron chi connectivity index (χ0n) is 17.4. The number of aliphatic hydroxyl groups is 1. The first-order chi connectivity index (χ1) is 14.9. The molecule has 9 heteroatoms. The van der Waals surface area contributed by atoms with E-state index in [0.29, 0.717) is 36.7 Å². The predicted octanol–water partition coefficient (Wildman–Crippen LogP) is 4.08. The molecule has 0 aliphatic carbocycles. The number of sulfonamides is 1. The largest absolute Gasteiger partial charge is 0.492 e. The van der Waals surface area contributed by atoms with Crippen molar-refractivity contribution in [1.29, 1.82) is 0 Å². The van der Waals surface area contributed by atoms with E-state index in [1.54, 1.807) is 24.3 Å². The molecule has 0 aliphatic rings. The first kappa shape index (κ1) is 23.9. The normalized spacial score (nSPS) is 12.4. The van der Waals surface area contributed by atoms with Crippen LogP contribution in [0.25, 0.3) is 21.9 Å². The lowest BCUT2D eigenvalue weighted by Gasteiger charge is -2.14. The summed E-state index contributed by atoms with van der Waals surface area (Å²) in [4.78, 5) is 0. The molecule has 4 rings (SSSR count). The van der Waals surface area contributed by atoms with Crippen molar-refractivity contribution in [3.63, 3.8) is 0 Å². The van der Waals surface area contributed by atoms with E-state index >= 15 is 0 Å². The molecule has 0 radical (unpaired) electrons. The first-order valence-corrected chi connectivity index (χ1v) is 11.8. The molecule has 3 N–H and O–H groups in total. The number of hydrogen-bond acceptors (Lipinski definition) is 6. The summed E-state index contributed by atoms with van der Waals surface area (Å²) in [6.07, 6.45) is 0.317. The molecule has 7 nitrogen and oxygen atoms in total. The molecule has 4 aromatic rings. The minimum Gasteiger partial charge on any atom is -0.492 e. The van der Waals surface area contributed by atoms with Gasteiger partial charge in [-0.25, -0.2) is 8.42 Å². The summed E-state index contributed by atoms with van der Waals surface area (Å²) in [6.45, 7) is 1.28. The fourth-order valence-corrected chi connectivity index (χ4v) is 3.97. The number of nitrogens with one attached hydrogen (secondary N) is 2. The van der Waals surface area contributed by atoms with Crippen molar-refractivity contribution in [1.82, 2.24) is 5.32 Å². The van der Waals surface area contributed by atoms with E-state index < -0.39 is 16.1 Å². The summed E-state index contributed by atoms with van der Waals surface area (Å²) >= 11 is 0. The van der Waals surface area contributed by atoms with Crippen LogP contribution in [0.2, 0.25) is 0 Å². The molecule has 32 heavy (non-hydrogen) atoms. The lowest BCUT2D eigenvalue weighted by atomic mass is 10.1. The predicted molar refractivity (Wildman–Crippen MR) is 129 cm³/mol. The number of rotatable bonds is 9. The van der Waals surface area contributed by atoms with Gasteiger partial charge >= 0.3 is 0 Å². The van der Waals surface area contributed by atoms with Crippen LogP contribution < -0.4 is 14.8 Å². The van der Waals surface area contributed by atoms with Crippen molar-refractivity contribution >= 4 is 50.1 Å². The Kier molecular flexibility index (Phi) is 7.63. The van der Waals surface area contributed by atoms with Gasteiger partial charge in [0, 0.05) is 35.6 Å². The molecule has 0 spiro atoms. The molecule has 1 aromatic heterocycles. The number of fused-ring (bicyclic) bond motifs is 3. The highest BCUT2D eigenvalue weighted by Crippen LogP contribution is 2.30. The molecule has 1 heterocycles. The zero-order chi connectivity index (χ0) is 21.8. The van der Waals surface area contributed by atoms with Crippen molar-refractivity contribution in [2.45, 2.75) is 6.10 Å². The summed E-state index contributed by atoms with van der Waals surface area (Å²) in [6, 6.07) is 20.4. The van der Waals surface area contributed by atoms with Crippen LogP contribution in [0.3, 0.4) is 0 Å². The topological polar surface area (TPSA) is 101 Å². The SMILES string of the molecule is CS(=O)(=O)Nc1cccc([C@@H](O)CNCCOc2ccc3c(c2)oc2ccccc23)c1.Cl. The number of hydrogen-bond donors (Lipinski definition) is 3. The number of anilines is 1. The second-order valence-corrected chi connectivity index (χ2v) is 9.07. The standard InChI is InChI=1S/C23H24N2O5S.ClH/c1-31(27,28)25-17-6-4-5-16(13-17)21(26)15-24-11-12-29-18-9-10-20-19-7-2-3-8-22(19)30-23(20)14-18;/h2-10,13-14,21,24-26H,11-12,15H2,1H3;1H/t21-;/m0./s1. The number of para-hydroxylation sites is 1. The third-order valence-corrected chi connectivity index (χ3v) is 5.42. The maximum absolute atomic E-state index is 11.4. The van der Waals surface area contributed by atoms with E-state index in [9.17, 15) is 13.5 Å². The van der Waals surface area contributed by atoms with Gasteiger partial charge in [-0.15, -0.1) is 12.4 Å². The monoisotopic (exact) mass is 476 g/mol. The van der Waals surface area contributed by atoms with E-state index in [1.807, 2.05) is 42.5 Å². The fraction of sp³-hybridized carbons (Fsp3) is 0.217. The molecule has 0 bridgehead atoms. The van der Waals surface area contributed by atoms with E-state index in [1.165, 1.54) is 0 Å². The molecule has 0 saturated heterocycles. The van der Waals surface area contributed by atoms with Gasteiger partial charge in [0.15, 0.2) is 0 Å². The van der Waals surface area contributed by atoms with Crippen molar-refractivity contribution in [2.75, 3.05) is 30.7 Å². The summed E-state index contributed by atoms with van der Waals surface area (Å²) in [5.41, 5.74) is 2.67. The molecule has 1 atom stereocenters. The quantitative estimate of drug-likeness (QED) is 0.315. The highest BCUT2D eigenvalue weighted by molar-refractivity contribution is 7.92. The summed E-state index contributed by atoms with van der Waals surface area (Å²) in [5.74, 6) is 0.716. The van der Waals surface area contributed by atoms with Gasteiger partial charge in [-0.3, -0.25) is 4.72 Å². The second-order valence-electron chi connectivity index (χ2n) is 7.32. The number of furan rings is 1. The Labute approximate surface area is 192 Å². The minimum absolute atomic E-state index is 0. The van der Waals surface area contributed by atoms with Gasteiger partial charge in [-0.1, -0.05) is 30.3 Å². The lowest BCUT2D eigenvalue weighted by Crippen LogP contribution is -2.26. The first-order valence-electron chi connectivity index (χ1n) is 9.90. The van der Waals surface area contributed by atoms with Crippen LogP contribution in [-0.4, -0.2) is 39.5 Å². The van der Waals surface area contributed by atoms with Crippen LogP contribution in [0.4, 0.5) is 5.69 Å². The van der Waals surface area contributed by atoms with Crippen molar-refractivity contribution in [3.8, 4) is 5.75 Å². The van der Waals surface area contributed by atoms with Gasteiger partial charge < -0.3 is 19.6 Å². The van der Waals surface area contributed by atoms with Crippen LogP contribution in [0.5, 0.6) is 5.75 Å². The van der Waals surface area contributed by atoms with Gasteiger partial charge in [-0.2, -0.15) is 0 Å². The van der Waals surface area contributed by atoms with Crippen molar-refractivity contribution in [3.05, 3.63) is 72.3 Å². The maximum atomic E-state index is 11.4. The highest BCUT2D eigenvalue weighted by Gasteiger charge is 2.10. The average Bonchev–Trinajstić information content (AvgIpc) is 3.10. The zero-order valence-corrected chi connectivity index (χ0v) is 19.1. The Morgan fingerprint density at radius 1 is 1.00 bits per heavy atom. The lowest BCUT2D eigenvalue weighted by molar-refractivity contribution is 0.172. The number of ether oxygens (including phenoxy) is 1. The molecule has 0 amide bonds. The molecule has 0 aliphatic heterocycles. The number of aliphatic hydroxyl groups excluding tert-OH is 1. The Bertz CT molecular complexity index is 1310. The van der Waals surface area contributed by atoms with Gasteiger partial charge in [-0.05, 0) is 35.9 Å². The van der Waals surface area contributed by atoms with Crippen LogP contribution >= 0.6 is 12.4 Å². The molecular formula is C23H25ClN2O5S. The van der Waals surface area contributed by atoms with Crippen molar-refractivity contribution in [2.24, 2.45) is 0 Å². The van der Waals surface area contributed by atoms with E-state index in [-0.39, 0.29) is 12.4 Å². The molecule has 0 fully saturated rings. The smallest absolute Gasteiger partial charge is 0.229 e. The van der Waals surface area contributed by atoms with Gasteiger partial charge in [0.05, 0.1) is 12.4 Å². The van der Waals surface area contributed by atoms with Crippen LogP contribution in [-0.2, 0) is 10.0 Å². The third kappa shape index (κ3) is 5.92. The molecule has 0 unspecified atom stereocenters. The molecule has 0 saturated carbocycles. The Balaban J connectivity index is 0.00000289. The maximum Gasteiger partial charge on any atom is 0.229 e. The average molecular weight is 477 g/mol. The molecule has 3 aromatic carbocycles. The van der Waals surface area contributed by atoms with Crippen LogP contribution in [0.15, 0.2) is 71.1 Å². The number of halogens is 1. The molecule has 170 valence electrons. The second kappa shape index (κ2) is 10.2. The van der Waals surface area contributed by atoms with Crippen LogP contribution in [0.1, 0.15) is 11.7 Å². The van der Waals surface area contributed by atoms with Crippen molar-refractivity contribution < 1.29 is 22.7 Å². The summed E-state index contributed by atoms with van der Waals surface area (Å²) in [5, 5.41) is 15.6. The Morgan fingerprint density at radius 2 is 1.78 bits per heavy atom. The minimum atomic E-state index is -3.36. The highest BCUT2D eigenvalue weighted by atomic mass is 35.5. The summed E-state index contributed by atoms with van der Waals surface area (Å²) in [7, 11) is -3.36. The van der Waals surface area contributed by atoms with Gasteiger partial charge in [0.2, 0.25) is 10.0 Å². The Hall–Kier alpha value is -2.78. The number of benzene rings is 3. The molecular weight excluding hydrogens is 452 g/mol. The van der Waals surface area contributed by atoms with E-state index in [4.69, 9.17) is 9.15 Å². The van der Waals surface area contributed by atoms with E-state index in [2.05, 4.69) is 10.0 Å². The van der Waals surface area contributed by atoms with E-state index in [0.717, 1.165) is 28.2 Å². The van der Waals surface area contributed by atoms with Crippen LogP contribution in [0, 0.1) is 0 Å². The van der Waals surface area contributed by atoms with Gasteiger partial charge in [0.1, 0.15) is 23.5 Å². The fourth-order valence-electron chi connectivity index (χ4n) is 3.42. The summed E-state index contributed by atoms with van der Waals surface area (Å²) < 4.78 is 36.8.